The minimum atomic E-state index is 0.555. The largest absolute Gasteiger partial charge is 0.315 e. The first-order valence-corrected chi connectivity index (χ1v) is 7.61. The topological polar surface area (TPSA) is 15.3 Å². The Hall–Kier alpha value is -0.860. The average Bonchev–Trinajstić information content (AvgIpc) is 2.62. The second-order valence-corrected chi connectivity index (χ2v) is 6.19. The predicted molar refractivity (Wildman–Crippen MR) is 82.6 cm³/mol. The van der Waals surface area contributed by atoms with Crippen LogP contribution in [0.25, 0.3) is 0 Å². The molecule has 1 N–H and O–H groups in total. The summed E-state index contributed by atoms with van der Waals surface area (Å²) in [5.74, 6) is 0.651. The molecule has 2 heteroatoms. The van der Waals surface area contributed by atoms with E-state index in [0.717, 1.165) is 19.6 Å². The van der Waals surface area contributed by atoms with Crippen molar-refractivity contribution in [2.45, 2.75) is 40.2 Å². The lowest BCUT2D eigenvalue weighted by atomic mass is 9.90. The molecule has 0 aromatic heterocycles. The van der Waals surface area contributed by atoms with Gasteiger partial charge >= 0.3 is 0 Å². The number of rotatable bonds is 3. The highest BCUT2D eigenvalue weighted by Gasteiger charge is 2.25. The van der Waals surface area contributed by atoms with E-state index < -0.39 is 0 Å². The first kappa shape index (κ1) is 14.5. The summed E-state index contributed by atoms with van der Waals surface area (Å²) in [5, 5.41) is 3.51. The molecule has 0 spiro atoms. The maximum absolute atomic E-state index is 3.51. The Kier molecular flexibility index (Phi) is 5.00. The number of aryl methyl sites for hydroxylation is 2. The third kappa shape index (κ3) is 3.58. The zero-order valence-corrected chi connectivity index (χ0v) is 12.9. The van der Waals surface area contributed by atoms with Crippen molar-refractivity contribution < 1.29 is 0 Å². The van der Waals surface area contributed by atoms with Crippen LogP contribution in [0.2, 0.25) is 0 Å². The van der Waals surface area contributed by atoms with Crippen molar-refractivity contribution in [3.05, 3.63) is 34.9 Å². The monoisotopic (exact) mass is 260 g/mol. The van der Waals surface area contributed by atoms with Crippen molar-refractivity contribution in [2.75, 3.05) is 26.2 Å². The molecule has 0 saturated carbocycles. The third-order valence-electron chi connectivity index (χ3n) is 4.15. The summed E-state index contributed by atoms with van der Waals surface area (Å²) in [4.78, 5) is 2.67. The summed E-state index contributed by atoms with van der Waals surface area (Å²) in [6, 6.07) is 7.44. The Bertz CT molecular complexity index is 404. The van der Waals surface area contributed by atoms with Crippen molar-refractivity contribution in [3.8, 4) is 0 Å². The molecule has 1 atom stereocenters. The molecule has 1 fully saturated rings. The molecule has 1 heterocycles. The number of nitrogens with zero attached hydrogens (tertiary/aromatic N) is 1. The van der Waals surface area contributed by atoms with Gasteiger partial charge in [-0.05, 0) is 43.9 Å². The summed E-state index contributed by atoms with van der Waals surface area (Å²) < 4.78 is 0. The maximum atomic E-state index is 3.51. The van der Waals surface area contributed by atoms with Crippen LogP contribution < -0.4 is 5.32 Å². The van der Waals surface area contributed by atoms with Gasteiger partial charge in [0.1, 0.15) is 0 Å². The summed E-state index contributed by atoms with van der Waals surface area (Å²) in [6.45, 7) is 13.8. The molecule has 1 aromatic rings. The van der Waals surface area contributed by atoms with Gasteiger partial charge in [0, 0.05) is 25.7 Å². The number of hydrogen-bond acceptors (Lipinski definition) is 2. The van der Waals surface area contributed by atoms with Crippen LogP contribution in [-0.4, -0.2) is 31.1 Å². The number of benzene rings is 1. The van der Waals surface area contributed by atoms with Gasteiger partial charge in [0.15, 0.2) is 0 Å². The average molecular weight is 260 g/mol. The SMILES string of the molecule is Cc1ccc(C)c(C(C(C)C)N2CCCNCC2)c1. The van der Waals surface area contributed by atoms with Gasteiger partial charge in [-0.25, -0.2) is 0 Å². The molecule has 1 aromatic carbocycles. The van der Waals surface area contributed by atoms with Gasteiger partial charge in [0.05, 0.1) is 0 Å². The van der Waals surface area contributed by atoms with E-state index in [1.165, 1.54) is 29.7 Å². The van der Waals surface area contributed by atoms with E-state index in [1.807, 2.05) is 0 Å². The van der Waals surface area contributed by atoms with Crippen LogP contribution in [0.3, 0.4) is 0 Å². The fraction of sp³-hybridized carbons (Fsp3) is 0.647. The maximum Gasteiger partial charge on any atom is 0.0374 e. The van der Waals surface area contributed by atoms with Crippen LogP contribution in [0.5, 0.6) is 0 Å². The number of hydrogen-bond donors (Lipinski definition) is 1. The van der Waals surface area contributed by atoms with E-state index in [2.05, 4.69) is 56.1 Å². The third-order valence-corrected chi connectivity index (χ3v) is 4.15. The molecule has 0 amide bonds. The van der Waals surface area contributed by atoms with E-state index in [4.69, 9.17) is 0 Å². The van der Waals surface area contributed by atoms with Gasteiger partial charge in [-0.15, -0.1) is 0 Å². The Morgan fingerprint density at radius 1 is 1.11 bits per heavy atom. The van der Waals surface area contributed by atoms with Crippen molar-refractivity contribution >= 4 is 0 Å². The Morgan fingerprint density at radius 3 is 2.63 bits per heavy atom. The fourth-order valence-corrected chi connectivity index (χ4v) is 3.20. The van der Waals surface area contributed by atoms with Crippen molar-refractivity contribution in [3.63, 3.8) is 0 Å². The van der Waals surface area contributed by atoms with E-state index in [1.54, 1.807) is 0 Å². The highest BCUT2D eigenvalue weighted by Crippen LogP contribution is 2.31. The molecule has 2 nitrogen and oxygen atoms in total. The quantitative estimate of drug-likeness (QED) is 0.897. The Labute approximate surface area is 118 Å². The first-order chi connectivity index (χ1) is 9.09. The molecular weight excluding hydrogens is 232 g/mol. The lowest BCUT2D eigenvalue weighted by molar-refractivity contribution is 0.165. The first-order valence-electron chi connectivity index (χ1n) is 7.61. The molecular formula is C17H28N2. The molecule has 2 rings (SSSR count). The van der Waals surface area contributed by atoms with Gasteiger partial charge in [-0.1, -0.05) is 37.6 Å². The molecule has 0 aliphatic carbocycles. The van der Waals surface area contributed by atoms with Crippen LogP contribution in [0.4, 0.5) is 0 Å². The van der Waals surface area contributed by atoms with E-state index in [9.17, 15) is 0 Å². The molecule has 1 aliphatic rings. The summed E-state index contributed by atoms with van der Waals surface area (Å²) in [7, 11) is 0. The summed E-state index contributed by atoms with van der Waals surface area (Å²) in [5.41, 5.74) is 4.33. The van der Waals surface area contributed by atoms with Crippen LogP contribution in [0, 0.1) is 19.8 Å². The van der Waals surface area contributed by atoms with Gasteiger partial charge in [-0.3, -0.25) is 4.90 Å². The highest BCUT2D eigenvalue weighted by molar-refractivity contribution is 5.33. The Morgan fingerprint density at radius 2 is 1.89 bits per heavy atom. The predicted octanol–water partition coefficient (Wildman–Crippen LogP) is 3.30. The second kappa shape index (κ2) is 6.53. The van der Waals surface area contributed by atoms with E-state index >= 15 is 0 Å². The molecule has 106 valence electrons. The molecule has 1 aliphatic heterocycles. The Balaban J connectivity index is 2.30. The minimum absolute atomic E-state index is 0.555. The van der Waals surface area contributed by atoms with Gasteiger partial charge in [0.25, 0.3) is 0 Å². The van der Waals surface area contributed by atoms with Gasteiger partial charge < -0.3 is 5.32 Å². The van der Waals surface area contributed by atoms with Crippen LogP contribution in [0.1, 0.15) is 43.0 Å². The zero-order valence-electron chi connectivity index (χ0n) is 12.9. The van der Waals surface area contributed by atoms with Crippen LogP contribution in [0.15, 0.2) is 18.2 Å². The van der Waals surface area contributed by atoms with Crippen LogP contribution in [-0.2, 0) is 0 Å². The molecule has 1 saturated heterocycles. The van der Waals surface area contributed by atoms with Crippen molar-refractivity contribution in [1.29, 1.82) is 0 Å². The van der Waals surface area contributed by atoms with Gasteiger partial charge in [0.2, 0.25) is 0 Å². The van der Waals surface area contributed by atoms with Crippen LogP contribution >= 0.6 is 0 Å². The lowest BCUT2D eigenvalue weighted by Gasteiger charge is -2.35. The molecule has 19 heavy (non-hydrogen) atoms. The minimum Gasteiger partial charge on any atom is -0.315 e. The normalized spacial score (nSPS) is 19.4. The fourth-order valence-electron chi connectivity index (χ4n) is 3.20. The highest BCUT2D eigenvalue weighted by atomic mass is 15.2. The van der Waals surface area contributed by atoms with Crippen molar-refractivity contribution in [1.82, 2.24) is 10.2 Å². The van der Waals surface area contributed by atoms with E-state index in [-0.39, 0.29) is 0 Å². The smallest absolute Gasteiger partial charge is 0.0374 e. The van der Waals surface area contributed by atoms with E-state index in [0.29, 0.717) is 12.0 Å². The second-order valence-electron chi connectivity index (χ2n) is 6.19. The van der Waals surface area contributed by atoms with Gasteiger partial charge in [-0.2, -0.15) is 0 Å². The van der Waals surface area contributed by atoms with Crippen molar-refractivity contribution in [2.24, 2.45) is 5.92 Å². The summed E-state index contributed by atoms with van der Waals surface area (Å²) in [6.07, 6.45) is 1.26. The lowest BCUT2D eigenvalue weighted by Crippen LogP contribution is -2.35. The molecule has 0 bridgehead atoms. The number of nitrogens with one attached hydrogen (secondary N) is 1. The standard InChI is InChI=1S/C17H28N2/c1-13(2)17(19-10-5-8-18-9-11-19)16-12-14(3)6-7-15(16)4/h6-7,12-13,17-18H,5,8-11H2,1-4H3. The zero-order chi connectivity index (χ0) is 13.8. The molecule has 1 unspecified atom stereocenters. The molecule has 0 radical (unpaired) electrons. The summed E-state index contributed by atoms with van der Waals surface area (Å²) >= 11 is 0.